The van der Waals surface area contributed by atoms with E-state index in [1.54, 1.807) is 4.90 Å². The molecule has 3 aliphatic rings. The lowest BCUT2D eigenvalue weighted by Crippen LogP contribution is -2.47. The largest absolute Gasteiger partial charge is 0.481 e. The van der Waals surface area contributed by atoms with Crippen LogP contribution in [0.5, 0.6) is 0 Å². The number of urea groups is 1. The molecule has 2 saturated carbocycles. The average molecular weight is 373 g/mol. The third-order valence-corrected chi connectivity index (χ3v) is 7.85. The van der Waals surface area contributed by atoms with E-state index in [1.807, 2.05) is 0 Å². The van der Waals surface area contributed by atoms with E-state index in [4.69, 9.17) is 5.11 Å². The summed E-state index contributed by atoms with van der Waals surface area (Å²) in [7, 11) is -3.18. The lowest BCUT2D eigenvalue weighted by atomic mass is 9.86. The number of aliphatic carboxylic acids is 1. The first kappa shape index (κ1) is 18.4. The Kier molecular flexibility index (Phi) is 5.52. The highest BCUT2D eigenvalue weighted by Crippen LogP contribution is 2.31. The lowest BCUT2D eigenvalue weighted by molar-refractivity contribution is -0.142. The third kappa shape index (κ3) is 4.44. The number of nitrogens with zero attached hydrogens (tertiary/aromatic N) is 2. The lowest BCUT2D eigenvalue weighted by Gasteiger charge is -2.29. The Morgan fingerprint density at radius 3 is 2.20 bits per heavy atom. The Morgan fingerprint density at radius 1 is 0.920 bits per heavy atom. The van der Waals surface area contributed by atoms with Crippen molar-refractivity contribution in [1.82, 2.24) is 14.5 Å². The van der Waals surface area contributed by atoms with Crippen LogP contribution in [0.15, 0.2) is 0 Å². The van der Waals surface area contributed by atoms with Crippen molar-refractivity contribution in [3.8, 4) is 0 Å². The topological polar surface area (TPSA) is 107 Å². The van der Waals surface area contributed by atoms with Crippen LogP contribution in [0.2, 0.25) is 0 Å². The number of carbonyl (C=O) groups excluding carboxylic acids is 1. The van der Waals surface area contributed by atoms with Crippen molar-refractivity contribution >= 4 is 22.0 Å². The Hall–Kier alpha value is -1.35. The van der Waals surface area contributed by atoms with Crippen molar-refractivity contribution in [3.05, 3.63) is 0 Å². The zero-order valence-electron chi connectivity index (χ0n) is 14.4. The highest BCUT2D eigenvalue weighted by Gasteiger charge is 2.40. The zero-order chi connectivity index (χ0) is 18.0. The molecule has 1 aliphatic heterocycles. The second-order valence-corrected chi connectivity index (χ2v) is 9.53. The third-order valence-electron chi connectivity index (χ3n) is 5.45. The minimum atomic E-state index is -3.18. The molecule has 1 heterocycles. The molecule has 142 valence electrons. The van der Waals surface area contributed by atoms with Crippen molar-refractivity contribution in [2.75, 3.05) is 26.2 Å². The minimum absolute atomic E-state index is 0.0117. The molecule has 3 fully saturated rings. The molecule has 2 aliphatic carbocycles. The van der Waals surface area contributed by atoms with Crippen LogP contribution in [0.4, 0.5) is 4.79 Å². The Labute approximate surface area is 148 Å². The molecule has 0 spiro atoms. The van der Waals surface area contributed by atoms with E-state index in [0.29, 0.717) is 58.3 Å². The fourth-order valence-electron chi connectivity index (χ4n) is 3.68. The van der Waals surface area contributed by atoms with Crippen LogP contribution >= 0.6 is 0 Å². The van der Waals surface area contributed by atoms with Gasteiger partial charge in [-0.25, -0.2) is 13.2 Å². The SMILES string of the molecule is O=C(O)C1CCC(NC(=O)N2CCCN(S(=O)(=O)C3CC3)CC2)CC1. The molecule has 0 radical (unpaired) electrons. The van der Waals surface area contributed by atoms with Gasteiger partial charge >= 0.3 is 12.0 Å². The summed E-state index contributed by atoms with van der Waals surface area (Å²) < 4.78 is 26.2. The summed E-state index contributed by atoms with van der Waals surface area (Å²) in [5.41, 5.74) is 0. The number of carboxylic acid groups (broad SMARTS) is 1. The van der Waals surface area contributed by atoms with Crippen molar-refractivity contribution in [3.63, 3.8) is 0 Å². The van der Waals surface area contributed by atoms with Gasteiger partial charge in [-0.2, -0.15) is 4.31 Å². The number of hydrogen-bond donors (Lipinski definition) is 2. The van der Waals surface area contributed by atoms with Gasteiger partial charge in [-0.05, 0) is 44.9 Å². The fraction of sp³-hybridized carbons (Fsp3) is 0.875. The standard InChI is InChI=1S/C16H27N3O5S/c20-15(21)12-2-4-13(5-3-12)17-16(22)18-8-1-9-19(11-10-18)25(23,24)14-6-7-14/h12-14H,1-11H2,(H,17,22)(H,20,21). The van der Waals surface area contributed by atoms with Crippen LogP contribution in [0, 0.1) is 5.92 Å². The highest BCUT2D eigenvalue weighted by molar-refractivity contribution is 7.90. The van der Waals surface area contributed by atoms with Gasteiger partial charge < -0.3 is 15.3 Å². The number of sulfonamides is 1. The zero-order valence-corrected chi connectivity index (χ0v) is 15.2. The maximum absolute atomic E-state index is 12.5. The molecule has 2 N–H and O–H groups in total. The normalized spacial score (nSPS) is 29.0. The molecular formula is C16H27N3O5S. The van der Waals surface area contributed by atoms with Gasteiger partial charge in [0.2, 0.25) is 10.0 Å². The van der Waals surface area contributed by atoms with Crippen LogP contribution in [0.1, 0.15) is 44.9 Å². The summed E-state index contributed by atoms with van der Waals surface area (Å²) in [6, 6.07) is -0.151. The van der Waals surface area contributed by atoms with Gasteiger partial charge in [-0.15, -0.1) is 0 Å². The van der Waals surface area contributed by atoms with E-state index >= 15 is 0 Å². The summed E-state index contributed by atoms with van der Waals surface area (Å²) in [6.45, 7) is 1.79. The van der Waals surface area contributed by atoms with Crippen LogP contribution in [-0.4, -0.2) is 72.2 Å². The van der Waals surface area contributed by atoms with Gasteiger partial charge in [0.05, 0.1) is 11.2 Å². The molecule has 3 rings (SSSR count). The van der Waals surface area contributed by atoms with Crippen molar-refractivity contribution in [1.29, 1.82) is 0 Å². The maximum atomic E-state index is 12.5. The summed E-state index contributed by atoms with van der Waals surface area (Å²) in [4.78, 5) is 25.1. The second kappa shape index (κ2) is 7.49. The molecule has 0 aromatic heterocycles. The van der Waals surface area contributed by atoms with Gasteiger partial charge in [0, 0.05) is 32.2 Å². The molecule has 25 heavy (non-hydrogen) atoms. The number of rotatable bonds is 4. The molecule has 0 bridgehead atoms. The van der Waals surface area contributed by atoms with Gasteiger partial charge in [-0.1, -0.05) is 0 Å². The quantitative estimate of drug-likeness (QED) is 0.759. The Balaban J connectivity index is 1.48. The van der Waals surface area contributed by atoms with Crippen molar-refractivity contribution in [2.24, 2.45) is 5.92 Å². The second-order valence-electron chi connectivity index (χ2n) is 7.32. The summed E-state index contributed by atoms with van der Waals surface area (Å²) in [5.74, 6) is -1.05. The minimum Gasteiger partial charge on any atom is -0.481 e. The monoisotopic (exact) mass is 373 g/mol. The van der Waals surface area contributed by atoms with Gasteiger partial charge in [0.15, 0.2) is 0 Å². The van der Waals surface area contributed by atoms with Crippen molar-refractivity contribution in [2.45, 2.75) is 56.2 Å². The smallest absolute Gasteiger partial charge is 0.317 e. The number of carbonyl (C=O) groups is 2. The molecule has 9 heteroatoms. The molecule has 0 aromatic rings. The molecule has 8 nitrogen and oxygen atoms in total. The van der Waals surface area contributed by atoms with Crippen LogP contribution < -0.4 is 5.32 Å². The number of nitrogens with one attached hydrogen (secondary N) is 1. The summed E-state index contributed by atoms with van der Waals surface area (Å²) in [6.07, 6.45) is 4.69. The van der Waals surface area contributed by atoms with E-state index in [2.05, 4.69) is 5.32 Å². The van der Waals surface area contributed by atoms with E-state index < -0.39 is 16.0 Å². The first-order chi connectivity index (χ1) is 11.9. The number of hydrogen-bond acceptors (Lipinski definition) is 4. The molecule has 0 atom stereocenters. The summed E-state index contributed by atoms with van der Waals surface area (Å²) >= 11 is 0. The van der Waals surface area contributed by atoms with E-state index in [0.717, 1.165) is 12.8 Å². The van der Waals surface area contributed by atoms with Gasteiger partial charge in [0.25, 0.3) is 0 Å². The Bertz CT molecular complexity index is 611. The predicted octanol–water partition coefficient (Wildman–Crippen LogP) is 0.839. The predicted molar refractivity (Wildman–Crippen MR) is 91.6 cm³/mol. The van der Waals surface area contributed by atoms with E-state index in [-0.39, 0.29) is 23.2 Å². The fourth-order valence-corrected chi connectivity index (χ4v) is 5.55. The average Bonchev–Trinajstić information content (AvgIpc) is 3.42. The first-order valence-corrected chi connectivity index (χ1v) is 10.7. The van der Waals surface area contributed by atoms with Gasteiger partial charge in [-0.3, -0.25) is 4.79 Å². The van der Waals surface area contributed by atoms with Crippen LogP contribution in [0.25, 0.3) is 0 Å². The van der Waals surface area contributed by atoms with E-state index in [1.165, 1.54) is 4.31 Å². The van der Waals surface area contributed by atoms with Gasteiger partial charge in [0.1, 0.15) is 0 Å². The van der Waals surface area contributed by atoms with Crippen LogP contribution in [0.3, 0.4) is 0 Å². The molecule has 0 unspecified atom stereocenters. The van der Waals surface area contributed by atoms with Crippen molar-refractivity contribution < 1.29 is 23.1 Å². The molecule has 2 amide bonds. The number of amides is 2. The number of carboxylic acids is 1. The molecular weight excluding hydrogens is 346 g/mol. The highest BCUT2D eigenvalue weighted by atomic mass is 32.2. The molecule has 1 saturated heterocycles. The van der Waals surface area contributed by atoms with Crippen LogP contribution in [-0.2, 0) is 14.8 Å². The van der Waals surface area contributed by atoms with E-state index in [9.17, 15) is 18.0 Å². The Morgan fingerprint density at radius 2 is 1.60 bits per heavy atom. The first-order valence-electron chi connectivity index (χ1n) is 9.15. The summed E-state index contributed by atoms with van der Waals surface area (Å²) in [5, 5.41) is 11.8. The molecule has 0 aromatic carbocycles. The maximum Gasteiger partial charge on any atom is 0.317 e.